The molecule has 3 amide bonds. The fourth-order valence-electron chi connectivity index (χ4n) is 3.49. The summed E-state index contributed by atoms with van der Waals surface area (Å²) in [6, 6.07) is -2.31. The van der Waals surface area contributed by atoms with E-state index in [9.17, 15) is 24.0 Å². The maximum atomic E-state index is 13.0. The van der Waals surface area contributed by atoms with Crippen molar-refractivity contribution in [2.45, 2.75) is 56.7 Å². The maximum absolute atomic E-state index is 13.0. The summed E-state index contributed by atoms with van der Waals surface area (Å²) in [6.45, 7) is 0.429. The van der Waals surface area contributed by atoms with Gasteiger partial charge in [-0.3, -0.25) is 24.0 Å². The molecule has 11 nitrogen and oxygen atoms in total. The van der Waals surface area contributed by atoms with Crippen molar-refractivity contribution in [1.29, 1.82) is 0 Å². The molecule has 11 heteroatoms. The lowest BCUT2D eigenvalue weighted by molar-refractivity contribution is -0.143. The molecule has 0 aromatic rings. The Balaban J connectivity index is 2.05. The highest BCUT2D eigenvalue weighted by atomic mass is 16.4. The smallest absolute Gasteiger partial charge is 0.322 e. The fraction of sp³-hybridized carbons (Fsp3) is 0.706. The highest BCUT2D eigenvalue weighted by molar-refractivity contribution is 5.94. The van der Waals surface area contributed by atoms with Crippen LogP contribution in [0.1, 0.15) is 38.5 Å². The number of amides is 3. The molecule has 156 valence electrons. The summed E-state index contributed by atoms with van der Waals surface area (Å²) in [4.78, 5) is 60.4. The number of hydrogen-bond acceptors (Lipinski definition) is 6. The van der Waals surface area contributed by atoms with Crippen LogP contribution in [0.4, 0.5) is 0 Å². The summed E-state index contributed by atoms with van der Waals surface area (Å²) >= 11 is 0. The van der Waals surface area contributed by atoms with Crippen molar-refractivity contribution >= 4 is 29.7 Å². The van der Waals surface area contributed by atoms with E-state index in [4.69, 9.17) is 10.2 Å². The summed E-state index contributed by atoms with van der Waals surface area (Å²) < 4.78 is 0. The molecule has 5 N–H and O–H groups in total. The predicted molar refractivity (Wildman–Crippen MR) is 95.2 cm³/mol. The highest BCUT2D eigenvalue weighted by Crippen LogP contribution is 2.20. The minimum absolute atomic E-state index is 0.0907. The number of carbonyl (C=O) groups excluding carboxylic acids is 3. The van der Waals surface area contributed by atoms with Gasteiger partial charge in [0, 0.05) is 13.0 Å². The van der Waals surface area contributed by atoms with E-state index in [1.807, 2.05) is 0 Å². The van der Waals surface area contributed by atoms with Crippen LogP contribution in [0.3, 0.4) is 0 Å². The molecule has 0 aromatic carbocycles. The van der Waals surface area contributed by atoms with Crippen LogP contribution in [0.5, 0.6) is 0 Å². The third-order valence-electron chi connectivity index (χ3n) is 4.89. The number of carbonyl (C=O) groups is 5. The first-order chi connectivity index (χ1) is 13.3. The molecule has 3 atom stereocenters. The Bertz CT molecular complexity index is 633. The molecule has 2 aliphatic rings. The predicted octanol–water partition coefficient (Wildman–Crippen LogP) is -1.72. The first-order valence-electron chi connectivity index (χ1n) is 9.35. The van der Waals surface area contributed by atoms with Crippen molar-refractivity contribution in [3.63, 3.8) is 0 Å². The largest absolute Gasteiger partial charge is 0.481 e. The molecule has 0 radical (unpaired) electrons. The van der Waals surface area contributed by atoms with Gasteiger partial charge in [-0.05, 0) is 38.6 Å². The van der Waals surface area contributed by atoms with Gasteiger partial charge in [0.15, 0.2) is 0 Å². The molecule has 2 aliphatic heterocycles. The Morgan fingerprint density at radius 1 is 1.04 bits per heavy atom. The van der Waals surface area contributed by atoms with Crippen LogP contribution in [-0.4, -0.2) is 82.5 Å². The minimum Gasteiger partial charge on any atom is -0.481 e. The number of nitrogens with zero attached hydrogens (tertiary/aromatic N) is 1. The van der Waals surface area contributed by atoms with E-state index < -0.39 is 48.4 Å². The zero-order chi connectivity index (χ0) is 20.7. The topological polar surface area (TPSA) is 165 Å². The van der Waals surface area contributed by atoms with Gasteiger partial charge in [0.25, 0.3) is 0 Å². The van der Waals surface area contributed by atoms with Crippen LogP contribution in [0.25, 0.3) is 0 Å². The number of nitrogens with one attached hydrogen (secondary N) is 3. The number of hydrogen-bond donors (Lipinski definition) is 5. The molecular weight excluding hydrogens is 372 g/mol. The summed E-state index contributed by atoms with van der Waals surface area (Å²) in [5, 5.41) is 25.5. The van der Waals surface area contributed by atoms with Gasteiger partial charge in [-0.1, -0.05) is 0 Å². The van der Waals surface area contributed by atoms with Crippen molar-refractivity contribution in [3.8, 4) is 0 Å². The highest BCUT2D eigenvalue weighted by Gasteiger charge is 2.38. The van der Waals surface area contributed by atoms with Crippen molar-refractivity contribution in [2.75, 3.05) is 19.6 Å². The monoisotopic (exact) mass is 398 g/mol. The van der Waals surface area contributed by atoms with Gasteiger partial charge >= 0.3 is 11.9 Å². The maximum Gasteiger partial charge on any atom is 0.322 e. The minimum atomic E-state index is -1.19. The van der Waals surface area contributed by atoms with Gasteiger partial charge in [0.1, 0.15) is 18.6 Å². The summed E-state index contributed by atoms with van der Waals surface area (Å²) in [6.07, 6.45) is 2.01. The molecule has 3 unspecified atom stereocenters. The average Bonchev–Trinajstić information content (AvgIpc) is 3.33. The van der Waals surface area contributed by atoms with Crippen LogP contribution in [-0.2, 0) is 24.0 Å². The Labute approximate surface area is 161 Å². The molecular formula is C17H26N4O7. The van der Waals surface area contributed by atoms with Crippen molar-refractivity contribution in [2.24, 2.45) is 0 Å². The fourth-order valence-corrected chi connectivity index (χ4v) is 3.49. The lowest BCUT2D eigenvalue weighted by atomic mass is 10.1. The third kappa shape index (κ3) is 5.91. The third-order valence-corrected chi connectivity index (χ3v) is 4.89. The zero-order valence-electron chi connectivity index (χ0n) is 15.5. The zero-order valence-corrected chi connectivity index (χ0v) is 15.5. The van der Waals surface area contributed by atoms with E-state index in [2.05, 4.69) is 16.0 Å². The van der Waals surface area contributed by atoms with Crippen LogP contribution in [0, 0.1) is 0 Å². The van der Waals surface area contributed by atoms with E-state index in [-0.39, 0.29) is 25.3 Å². The van der Waals surface area contributed by atoms with Crippen molar-refractivity contribution < 1.29 is 34.2 Å². The molecule has 2 heterocycles. The molecule has 2 fully saturated rings. The van der Waals surface area contributed by atoms with Gasteiger partial charge in [-0.15, -0.1) is 0 Å². The van der Waals surface area contributed by atoms with E-state index in [1.54, 1.807) is 0 Å². The van der Waals surface area contributed by atoms with Gasteiger partial charge in [-0.2, -0.15) is 0 Å². The number of carboxylic acids is 2. The second kappa shape index (κ2) is 10.0. The van der Waals surface area contributed by atoms with E-state index in [0.717, 1.165) is 6.42 Å². The lowest BCUT2D eigenvalue weighted by Gasteiger charge is -2.29. The Kier molecular flexibility index (Phi) is 7.73. The quantitative estimate of drug-likeness (QED) is 0.306. The second-order valence-electron chi connectivity index (χ2n) is 6.94. The van der Waals surface area contributed by atoms with Gasteiger partial charge in [0.05, 0.1) is 6.04 Å². The summed E-state index contributed by atoms with van der Waals surface area (Å²) in [5.74, 6) is -3.76. The van der Waals surface area contributed by atoms with Gasteiger partial charge in [-0.25, -0.2) is 0 Å². The summed E-state index contributed by atoms with van der Waals surface area (Å²) in [7, 11) is 0. The molecule has 0 saturated carbocycles. The molecule has 0 spiro atoms. The first-order valence-corrected chi connectivity index (χ1v) is 9.35. The van der Waals surface area contributed by atoms with Crippen LogP contribution < -0.4 is 16.0 Å². The second-order valence-corrected chi connectivity index (χ2v) is 6.94. The molecule has 28 heavy (non-hydrogen) atoms. The Morgan fingerprint density at radius 2 is 1.79 bits per heavy atom. The van der Waals surface area contributed by atoms with Crippen LogP contribution >= 0.6 is 0 Å². The van der Waals surface area contributed by atoms with Crippen molar-refractivity contribution in [3.05, 3.63) is 0 Å². The van der Waals surface area contributed by atoms with Crippen LogP contribution in [0.15, 0.2) is 0 Å². The van der Waals surface area contributed by atoms with E-state index >= 15 is 0 Å². The van der Waals surface area contributed by atoms with Gasteiger partial charge < -0.3 is 31.1 Å². The van der Waals surface area contributed by atoms with E-state index in [1.165, 1.54) is 4.90 Å². The first kappa shape index (κ1) is 21.6. The Hall–Kier alpha value is -2.69. The number of aliphatic carboxylic acids is 2. The van der Waals surface area contributed by atoms with Gasteiger partial charge in [0.2, 0.25) is 17.7 Å². The number of rotatable bonds is 9. The normalized spacial score (nSPS) is 22.5. The number of likely N-dealkylation sites (tertiary alicyclic amines) is 1. The molecule has 2 saturated heterocycles. The van der Waals surface area contributed by atoms with E-state index in [0.29, 0.717) is 25.8 Å². The number of carboxylic acid groups (broad SMARTS) is 2. The lowest BCUT2D eigenvalue weighted by Crippen LogP contribution is -2.55. The average molecular weight is 398 g/mol. The molecule has 0 aromatic heterocycles. The SMILES string of the molecule is O=C(O)CCC(NC(=O)C1CCCN1)C(=O)N1CCCC1C(=O)NCC(=O)O. The molecule has 0 aliphatic carbocycles. The molecule has 0 bridgehead atoms. The van der Waals surface area contributed by atoms with Crippen LogP contribution in [0.2, 0.25) is 0 Å². The Morgan fingerprint density at radius 3 is 2.39 bits per heavy atom. The van der Waals surface area contributed by atoms with Crippen molar-refractivity contribution in [1.82, 2.24) is 20.9 Å². The molecule has 2 rings (SSSR count). The standard InChI is InChI=1S/C17H26N4O7/c22-13(23)6-5-11(20-15(26)10-3-1-7-18-10)17(28)21-8-2-4-12(21)16(27)19-9-14(24)25/h10-12,18H,1-9H2,(H,19,27)(H,20,26)(H,22,23)(H,24,25). The summed E-state index contributed by atoms with van der Waals surface area (Å²) in [5.41, 5.74) is 0.